The number of carboxylic acids is 1. The summed E-state index contributed by atoms with van der Waals surface area (Å²) in [5.74, 6) is -0.416. The van der Waals surface area contributed by atoms with Crippen molar-refractivity contribution in [1.29, 1.82) is 0 Å². The Morgan fingerprint density at radius 2 is 1.68 bits per heavy atom. The minimum Gasteiger partial charge on any atom is -0.482 e. The van der Waals surface area contributed by atoms with E-state index in [1.54, 1.807) is 12.1 Å². The fourth-order valence-corrected chi connectivity index (χ4v) is 2.09. The smallest absolute Gasteiger partial charge is 0.341 e. The number of benzene rings is 2. The van der Waals surface area contributed by atoms with E-state index in [0.29, 0.717) is 5.75 Å². The Bertz CT molecular complexity index is 596. The Labute approximate surface area is 134 Å². The van der Waals surface area contributed by atoms with Crippen LogP contribution in [-0.4, -0.2) is 24.2 Å². The van der Waals surface area contributed by atoms with Crippen molar-refractivity contribution in [2.75, 3.05) is 13.2 Å². The largest absolute Gasteiger partial charge is 0.482 e. The lowest BCUT2D eigenvalue weighted by atomic mass is 10.1. The van der Waals surface area contributed by atoms with Crippen LogP contribution in [-0.2, 0) is 17.8 Å². The first-order chi connectivity index (χ1) is 10.6. The fraction of sp³-hybridized carbons (Fsp3) is 0.235. The molecule has 0 aliphatic heterocycles. The lowest BCUT2D eigenvalue weighted by Gasteiger charge is -2.07. The van der Waals surface area contributed by atoms with Crippen LogP contribution >= 0.6 is 11.6 Å². The predicted molar refractivity (Wildman–Crippen MR) is 86.4 cm³/mol. The highest BCUT2D eigenvalue weighted by atomic mass is 35.5. The van der Waals surface area contributed by atoms with Crippen molar-refractivity contribution in [2.24, 2.45) is 0 Å². The fourth-order valence-electron chi connectivity index (χ4n) is 1.97. The Balaban J connectivity index is 1.70. The molecule has 116 valence electrons. The standard InChI is InChI=1S/C17H18ClNO3/c18-15-5-1-13(2-6-15)9-10-19-11-14-3-7-16(8-4-14)22-12-17(20)21/h1-8,19H,9-12H2,(H,20,21). The van der Waals surface area contributed by atoms with E-state index in [1.165, 1.54) is 5.56 Å². The van der Waals surface area contributed by atoms with Crippen LogP contribution in [0.1, 0.15) is 11.1 Å². The third-order valence-corrected chi connectivity index (χ3v) is 3.37. The first-order valence-corrected chi connectivity index (χ1v) is 7.40. The number of hydrogen-bond donors (Lipinski definition) is 2. The van der Waals surface area contributed by atoms with Crippen LogP contribution in [0.5, 0.6) is 5.75 Å². The minimum absolute atomic E-state index is 0.321. The van der Waals surface area contributed by atoms with Crippen LogP contribution in [0, 0.1) is 0 Å². The van der Waals surface area contributed by atoms with E-state index in [1.807, 2.05) is 36.4 Å². The van der Waals surface area contributed by atoms with Crippen molar-refractivity contribution in [1.82, 2.24) is 5.32 Å². The maximum absolute atomic E-state index is 10.4. The molecule has 0 unspecified atom stereocenters. The third-order valence-electron chi connectivity index (χ3n) is 3.12. The van der Waals surface area contributed by atoms with Gasteiger partial charge in [-0.25, -0.2) is 4.79 Å². The normalized spacial score (nSPS) is 10.4. The molecule has 0 spiro atoms. The Morgan fingerprint density at radius 1 is 1.05 bits per heavy atom. The molecule has 2 N–H and O–H groups in total. The summed E-state index contributed by atoms with van der Waals surface area (Å²) in [4.78, 5) is 10.4. The van der Waals surface area contributed by atoms with Gasteiger partial charge in [-0.15, -0.1) is 0 Å². The van der Waals surface area contributed by atoms with Crippen LogP contribution in [0.25, 0.3) is 0 Å². The summed E-state index contributed by atoms with van der Waals surface area (Å²) in [6.45, 7) is 1.31. The predicted octanol–water partition coefficient (Wildman–Crippen LogP) is 3.14. The second-order valence-corrected chi connectivity index (χ2v) is 5.32. The Kier molecular flexibility index (Phi) is 6.25. The van der Waals surface area contributed by atoms with E-state index < -0.39 is 5.97 Å². The summed E-state index contributed by atoms with van der Waals surface area (Å²) in [6.07, 6.45) is 0.941. The number of rotatable bonds is 8. The zero-order valence-electron chi connectivity index (χ0n) is 12.1. The Morgan fingerprint density at radius 3 is 2.32 bits per heavy atom. The summed E-state index contributed by atoms with van der Waals surface area (Å²) in [6, 6.07) is 15.2. The summed E-state index contributed by atoms with van der Waals surface area (Å²) in [7, 11) is 0. The number of nitrogens with one attached hydrogen (secondary N) is 1. The molecule has 0 heterocycles. The monoisotopic (exact) mass is 319 g/mol. The molecule has 0 atom stereocenters. The van der Waals surface area contributed by atoms with Gasteiger partial charge < -0.3 is 15.2 Å². The van der Waals surface area contributed by atoms with Crippen molar-refractivity contribution >= 4 is 17.6 Å². The highest BCUT2D eigenvalue weighted by Gasteiger charge is 2.00. The van der Waals surface area contributed by atoms with Crippen molar-refractivity contribution < 1.29 is 14.6 Å². The van der Waals surface area contributed by atoms with Crippen LogP contribution in [0.3, 0.4) is 0 Å². The van der Waals surface area contributed by atoms with Gasteiger partial charge in [0.05, 0.1) is 0 Å². The van der Waals surface area contributed by atoms with Crippen molar-refractivity contribution in [2.45, 2.75) is 13.0 Å². The second kappa shape index (κ2) is 8.41. The molecule has 5 heteroatoms. The molecule has 22 heavy (non-hydrogen) atoms. The molecule has 0 amide bonds. The SMILES string of the molecule is O=C(O)COc1ccc(CNCCc2ccc(Cl)cc2)cc1. The van der Waals surface area contributed by atoms with Gasteiger partial charge >= 0.3 is 5.97 Å². The van der Waals surface area contributed by atoms with Gasteiger partial charge in [-0.3, -0.25) is 0 Å². The van der Waals surface area contributed by atoms with Gasteiger partial charge in [0.15, 0.2) is 6.61 Å². The first-order valence-electron chi connectivity index (χ1n) is 7.02. The van der Waals surface area contributed by atoms with E-state index >= 15 is 0 Å². The number of halogens is 1. The Hall–Kier alpha value is -2.04. The molecule has 0 radical (unpaired) electrons. The van der Waals surface area contributed by atoms with Gasteiger partial charge in [0.2, 0.25) is 0 Å². The average Bonchev–Trinajstić information content (AvgIpc) is 2.52. The number of carbonyl (C=O) groups is 1. The summed E-state index contributed by atoms with van der Waals surface area (Å²) >= 11 is 5.85. The van der Waals surface area contributed by atoms with Crippen molar-refractivity contribution in [3.63, 3.8) is 0 Å². The van der Waals surface area contributed by atoms with Crippen LogP contribution in [0.2, 0.25) is 5.02 Å². The van der Waals surface area contributed by atoms with Crippen LogP contribution in [0.15, 0.2) is 48.5 Å². The number of aliphatic carboxylic acids is 1. The van der Waals surface area contributed by atoms with Gasteiger partial charge in [0, 0.05) is 11.6 Å². The second-order valence-electron chi connectivity index (χ2n) is 4.88. The number of hydrogen-bond acceptors (Lipinski definition) is 3. The molecule has 0 aliphatic carbocycles. The quantitative estimate of drug-likeness (QED) is 0.734. The maximum atomic E-state index is 10.4. The molecule has 2 aromatic carbocycles. The highest BCUT2D eigenvalue weighted by molar-refractivity contribution is 6.30. The zero-order chi connectivity index (χ0) is 15.8. The topological polar surface area (TPSA) is 58.6 Å². The molecule has 2 aromatic rings. The van der Waals surface area contributed by atoms with E-state index in [9.17, 15) is 4.79 Å². The lowest BCUT2D eigenvalue weighted by Crippen LogP contribution is -2.16. The summed E-state index contributed by atoms with van der Waals surface area (Å²) in [5, 5.41) is 12.7. The van der Waals surface area contributed by atoms with Crippen molar-refractivity contribution in [3.05, 3.63) is 64.7 Å². The summed E-state index contributed by atoms with van der Waals surface area (Å²) < 4.78 is 5.08. The lowest BCUT2D eigenvalue weighted by molar-refractivity contribution is -0.139. The van der Waals surface area contributed by atoms with Gasteiger partial charge in [-0.2, -0.15) is 0 Å². The first kappa shape index (κ1) is 16.3. The molecule has 0 saturated carbocycles. The maximum Gasteiger partial charge on any atom is 0.341 e. The highest BCUT2D eigenvalue weighted by Crippen LogP contribution is 2.12. The third kappa shape index (κ3) is 5.76. The molecular formula is C17H18ClNO3. The van der Waals surface area contributed by atoms with Gasteiger partial charge in [-0.1, -0.05) is 35.9 Å². The van der Waals surface area contributed by atoms with Gasteiger partial charge in [-0.05, 0) is 48.4 Å². The molecular weight excluding hydrogens is 302 g/mol. The van der Waals surface area contributed by atoms with E-state index in [-0.39, 0.29) is 6.61 Å². The minimum atomic E-state index is -0.979. The van der Waals surface area contributed by atoms with Gasteiger partial charge in [0.1, 0.15) is 5.75 Å². The molecule has 0 aliphatic rings. The van der Waals surface area contributed by atoms with E-state index in [0.717, 1.165) is 30.1 Å². The number of carboxylic acid groups (broad SMARTS) is 1. The molecule has 0 saturated heterocycles. The molecule has 0 aromatic heterocycles. The molecule has 4 nitrogen and oxygen atoms in total. The number of ether oxygens (including phenoxy) is 1. The van der Waals surface area contributed by atoms with Crippen LogP contribution in [0.4, 0.5) is 0 Å². The molecule has 0 bridgehead atoms. The summed E-state index contributed by atoms with van der Waals surface area (Å²) in [5.41, 5.74) is 2.37. The average molecular weight is 320 g/mol. The van der Waals surface area contributed by atoms with E-state index in [2.05, 4.69) is 5.32 Å². The van der Waals surface area contributed by atoms with Gasteiger partial charge in [0.25, 0.3) is 0 Å². The van der Waals surface area contributed by atoms with E-state index in [4.69, 9.17) is 21.4 Å². The molecule has 0 fully saturated rings. The molecule has 2 rings (SSSR count). The zero-order valence-corrected chi connectivity index (χ0v) is 12.8. The van der Waals surface area contributed by atoms with Crippen LogP contribution < -0.4 is 10.1 Å². The van der Waals surface area contributed by atoms with Crippen molar-refractivity contribution in [3.8, 4) is 5.75 Å².